The van der Waals surface area contributed by atoms with Crippen LogP contribution >= 0.6 is 11.6 Å². The molecule has 0 aliphatic carbocycles. The van der Waals surface area contributed by atoms with Crippen LogP contribution in [-0.4, -0.2) is 61.5 Å². The number of hydrogen-bond acceptors (Lipinski definition) is 8. The first-order valence-corrected chi connectivity index (χ1v) is 14.2. The van der Waals surface area contributed by atoms with E-state index in [1.165, 1.54) is 24.2 Å². The van der Waals surface area contributed by atoms with Gasteiger partial charge in [-0.25, -0.2) is 14.5 Å². The Labute approximate surface area is 254 Å². The van der Waals surface area contributed by atoms with E-state index >= 15 is 0 Å². The topological polar surface area (TPSA) is 152 Å². The van der Waals surface area contributed by atoms with Crippen molar-refractivity contribution in [2.24, 2.45) is 0 Å². The molecule has 0 saturated carbocycles. The number of aromatic nitrogens is 6. The fraction of sp³-hybridized carbons (Fsp3) is 0.357. The van der Waals surface area contributed by atoms with Crippen LogP contribution in [0.3, 0.4) is 0 Å². The average Bonchev–Trinajstić information content (AvgIpc) is 3.69. The number of amides is 2. The number of H-pyrrole nitrogens is 1. The zero-order chi connectivity index (χ0) is 31.3. The minimum absolute atomic E-state index is 0.110. The monoisotopic (exact) mass is 631 g/mol. The van der Waals surface area contributed by atoms with Crippen molar-refractivity contribution in [1.29, 1.82) is 0 Å². The Hall–Kier alpha value is -4.66. The number of carbonyl (C=O) groups is 2. The lowest BCUT2D eigenvalue weighted by molar-refractivity contribution is -0.144. The van der Waals surface area contributed by atoms with E-state index in [9.17, 15) is 22.8 Å². The van der Waals surface area contributed by atoms with E-state index in [1.807, 2.05) is 0 Å². The molecule has 0 fully saturated rings. The number of aryl methyl sites for hydroxylation is 1. The summed E-state index contributed by atoms with van der Waals surface area (Å²) in [6, 6.07) is 7.32. The third-order valence-corrected chi connectivity index (χ3v) is 7.44. The number of fused-ring (bicyclic) bond motifs is 4. The van der Waals surface area contributed by atoms with Crippen molar-refractivity contribution in [2.75, 3.05) is 17.7 Å². The zero-order valence-corrected chi connectivity index (χ0v) is 24.2. The SMILES string of the molecule is COC(=O)Nc1ccc2c(c1)N[C@@H](C(F)(F)F)CCCC[C@H](NC(=O)CCc1cc(Cl)ccc1-n1cnnn1)c1nc-2c[nH]1. The normalized spacial score (nSPS) is 16.9. The number of nitrogens with one attached hydrogen (secondary N) is 4. The molecule has 2 aromatic carbocycles. The van der Waals surface area contributed by atoms with Crippen LogP contribution < -0.4 is 16.0 Å². The molecule has 44 heavy (non-hydrogen) atoms. The molecular formula is C28H29ClF3N9O3. The number of halogens is 4. The van der Waals surface area contributed by atoms with E-state index in [1.54, 1.807) is 36.5 Å². The second-order valence-corrected chi connectivity index (χ2v) is 10.7. The molecule has 16 heteroatoms. The number of hydrogen-bond donors (Lipinski definition) is 4. The second-order valence-electron chi connectivity index (χ2n) is 10.2. The van der Waals surface area contributed by atoms with Crippen molar-refractivity contribution >= 4 is 35.0 Å². The third kappa shape index (κ3) is 7.45. The van der Waals surface area contributed by atoms with Gasteiger partial charge in [0.2, 0.25) is 5.91 Å². The maximum Gasteiger partial charge on any atom is 0.411 e. The van der Waals surface area contributed by atoms with Gasteiger partial charge in [-0.2, -0.15) is 13.2 Å². The molecule has 2 amide bonds. The summed E-state index contributed by atoms with van der Waals surface area (Å²) >= 11 is 6.20. The van der Waals surface area contributed by atoms with Gasteiger partial charge in [0.25, 0.3) is 0 Å². The van der Waals surface area contributed by atoms with E-state index < -0.39 is 24.4 Å². The molecule has 5 rings (SSSR count). The quantitative estimate of drug-likeness (QED) is 0.215. The van der Waals surface area contributed by atoms with Gasteiger partial charge in [-0.15, -0.1) is 5.10 Å². The fourth-order valence-electron chi connectivity index (χ4n) is 5.03. The number of benzene rings is 2. The molecule has 1 aliphatic rings. The average molecular weight is 632 g/mol. The Balaban J connectivity index is 1.37. The van der Waals surface area contributed by atoms with Gasteiger partial charge >= 0.3 is 12.3 Å². The number of aromatic amines is 1. The molecule has 4 aromatic rings. The minimum Gasteiger partial charge on any atom is -0.453 e. The molecule has 0 spiro atoms. The lowest BCUT2D eigenvalue weighted by Gasteiger charge is -2.25. The Morgan fingerprint density at radius 1 is 1.16 bits per heavy atom. The summed E-state index contributed by atoms with van der Waals surface area (Å²) in [5.74, 6) is 0.206. The van der Waals surface area contributed by atoms with Crippen LogP contribution in [0, 0.1) is 0 Å². The Kier molecular flexibility index (Phi) is 9.32. The molecule has 0 saturated heterocycles. The van der Waals surface area contributed by atoms with Gasteiger partial charge in [-0.3, -0.25) is 10.1 Å². The van der Waals surface area contributed by atoms with Crippen LogP contribution in [0.15, 0.2) is 48.9 Å². The van der Waals surface area contributed by atoms with Gasteiger partial charge in [-0.05, 0) is 71.7 Å². The van der Waals surface area contributed by atoms with Crippen LogP contribution in [-0.2, 0) is 16.0 Å². The summed E-state index contributed by atoms with van der Waals surface area (Å²) < 4.78 is 48.2. The highest BCUT2D eigenvalue weighted by Crippen LogP contribution is 2.36. The highest BCUT2D eigenvalue weighted by Gasteiger charge is 2.39. The number of tetrazole rings is 1. The first-order valence-electron chi connectivity index (χ1n) is 13.8. The van der Waals surface area contributed by atoms with Gasteiger partial charge in [0.15, 0.2) is 0 Å². The molecule has 1 aliphatic heterocycles. The highest BCUT2D eigenvalue weighted by atomic mass is 35.5. The molecule has 0 radical (unpaired) electrons. The summed E-state index contributed by atoms with van der Waals surface area (Å²) in [6.07, 6.45) is -0.977. The summed E-state index contributed by atoms with van der Waals surface area (Å²) in [4.78, 5) is 32.6. The van der Waals surface area contributed by atoms with Crippen LogP contribution in [0.2, 0.25) is 5.02 Å². The van der Waals surface area contributed by atoms with E-state index in [4.69, 9.17) is 11.6 Å². The van der Waals surface area contributed by atoms with Crippen molar-refractivity contribution in [2.45, 2.75) is 56.8 Å². The summed E-state index contributed by atoms with van der Waals surface area (Å²) in [7, 11) is 1.19. The highest BCUT2D eigenvalue weighted by molar-refractivity contribution is 6.30. The number of rotatable bonds is 6. The van der Waals surface area contributed by atoms with Crippen LogP contribution in [0.25, 0.3) is 16.9 Å². The lowest BCUT2D eigenvalue weighted by Crippen LogP contribution is -2.36. The van der Waals surface area contributed by atoms with Gasteiger partial charge < -0.3 is 20.4 Å². The van der Waals surface area contributed by atoms with Crippen LogP contribution in [0.5, 0.6) is 0 Å². The zero-order valence-electron chi connectivity index (χ0n) is 23.5. The van der Waals surface area contributed by atoms with Crippen molar-refractivity contribution in [1.82, 2.24) is 35.5 Å². The maximum absolute atomic E-state index is 14.0. The van der Waals surface area contributed by atoms with Gasteiger partial charge in [0.1, 0.15) is 18.2 Å². The number of methoxy groups -OCH3 is 1. The molecule has 2 bridgehead atoms. The van der Waals surface area contributed by atoms with Crippen molar-refractivity contribution in [3.63, 3.8) is 0 Å². The number of ether oxygens (including phenoxy) is 1. The Morgan fingerprint density at radius 2 is 1.98 bits per heavy atom. The van der Waals surface area contributed by atoms with Gasteiger partial charge in [-0.1, -0.05) is 24.4 Å². The second kappa shape index (κ2) is 13.3. The van der Waals surface area contributed by atoms with Gasteiger partial charge in [0, 0.05) is 34.6 Å². The molecule has 232 valence electrons. The van der Waals surface area contributed by atoms with Crippen molar-refractivity contribution < 1.29 is 27.5 Å². The summed E-state index contributed by atoms with van der Waals surface area (Å²) in [5.41, 5.74) is 2.60. The predicted molar refractivity (Wildman–Crippen MR) is 155 cm³/mol. The molecule has 12 nitrogen and oxygen atoms in total. The first kappa shape index (κ1) is 30.8. The van der Waals surface area contributed by atoms with Crippen LogP contribution in [0.1, 0.15) is 49.5 Å². The lowest BCUT2D eigenvalue weighted by atomic mass is 10.0. The predicted octanol–water partition coefficient (Wildman–Crippen LogP) is 5.59. The Bertz CT molecular complexity index is 1610. The third-order valence-electron chi connectivity index (χ3n) is 7.21. The standard InChI is InChI=1S/C28H29ClF3N9O3/c1-44-27(43)35-18-8-9-19-21(13-18)36-24(28(30,31)32)5-3-2-4-20(26-33-14-22(19)38-26)37-25(42)11-6-16-12-17(29)7-10-23(16)41-15-34-39-40-41/h7-10,12-15,20,24,36H,2-6,11H2,1H3,(H,33,38)(H,35,43)(H,37,42)/t20-,24+/m0/s1. The largest absolute Gasteiger partial charge is 0.453 e. The number of anilines is 2. The minimum atomic E-state index is -4.53. The molecular weight excluding hydrogens is 603 g/mol. The molecule has 3 heterocycles. The Morgan fingerprint density at radius 3 is 2.73 bits per heavy atom. The summed E-state index contributed by atoms with van der Waals surface area (Å²) in [6.45, 7) is 0. The first-order chi connectivity index (χ1) is 21.1. The maximum atomic E-state index is 14.0. The number of nitrogens with zero attached hydrogens (tertiary/aromatic N) is 5. The van der Waals surface area contributed by atoms with E-state index in [0.29, 0.717) is 47.1 Å². The molecule has 0 unspecified atom stereocenters. The summed E-state index contributed by atoms with van der Waals surface area (Å²) in [5, 5.41) is 19.8. The van der Waals surface area contributed by atoms with E-state index in [0.717, 1.165) is 5.56 Å². The van der Waals surface area contributed by atoms with E-state index in [2.05, 4.69) is 46.2 Å². The smallest absolute Gasteiger partial charge is 0.411 e. The number of imidazole rings is 1. The molecule has 2 aromatic heterocycles. The molecule has 2 atom stereocenters. The van der Waals surface area contributed by atoms with Gasteiger partial charge in [0.05, 0.1) is 24.5 Å². The van der Waals surface area contributed by atoms with Crippen LogP contribution in [0.4, 0.5) is 29.3 Å². The fourth-order valence-corrected chi connectivity index (χ4v) is 5.23. The molecule has 4 N–H and O–H groups in total. The number of alkyl halides is 3. The van der Waals surface area contributed by atoms with Crippen molar-refractivity contribution in [3.05, 3.63) is 65.3 Å². The number of carbonyl (C=O) groups excluding carboxylic acids is 2. The van der Waals surface area contributed by atoms with Crippen molar-refractivity contribution in [3.8, 4) is 16.9 Å². The van der Waals surface area contributed by atoms with E-state index in [-0.39, 0.29) is 36.5 Å².